The highest BCUT2D eigenvalue weighted by atomic mass is 32.2. The van der Waals surface area contributed by atoms with E-state index in [1.54, 1.807) is 12.3 Å². The number of nitrogens with one attached hydrogen (secondary N) is 3. The van der Waals surface area contributed by atoms with Crippen LogP contribution in [0.4, 0.5) is 17.2 Å². The summed E-state index contributed by atoms with van der Waals surface area (Å²) in [6.07, 6.45) is 4.87. The minimum absolute atomic E-state index is 0.00484. The van der Waals surface area contributed by atoms with Crippen LogP contribution in [0.25, 0.3) is 0 Å². The fourth-order valence-corrected chi connectivity index (χ4v) is 5.62. The van der Waals surface area contributed by atoms with Crippen LogP contribution in [0.1, 0.15) is 74.7 Å². The fraction of sp³-hybridized carbons (Fsp3) is 0.455. The lowest BCUT2D eigenvalue weighted by Gasteiger charge is -2.13. The van der Waals surface area contributed by atoms with Crippen molar-refractivity contribution < 1.29 is 12.8 Å². The first kappa shape index (κ1) is 20.1. The highest BCUT2D eigenvalue weighted by Crippen LogP contribution is 2.43. The third-order valence-corrected chi connectivity index (χ3v) is 7.32. The second-order valence-corrected chi connectivity index (χ2v) is 11.3. The van der Waals surface area contributed by atoms with E-state index >= 15 is 0 Å². The zero-order valence-electron chi connectivity index (χ0n) is 17.9. The number of aromatic nitrogens is 3. The molecule has 0 amide bonds. The van der Waals surface area contributed by atoms with Crippen molar-refractivity contribution in [1.82, 2.24) is 15.2 Å². The molecule has 0 saturated heterocycles. The van der Waals surface area contributed by atoms with Gasteiger partial charge in [-0.15, -0.1) is 0 Å². The summed E-state index contributed by atoms with van der Waals surface area (Å²) in [5.41, 5.74) is 4.30. The van der Waals surface area contributed by atoms with Crippen molar-refractivity contribution in [2.24, 2.45) is 0 Å². The average molecular weight is 442 g/mol. The first-order valence-corrected chi connectivity index (χ1v) is 12.2. The van der Waals surface area contributed by atoms with Gasteiger partial charge in [-0.2, -0.15) is 5.10 Å². The van der Waals surface area contributed by atoms with E-state index in [9.17, 15) is 8.42 Å². The van der Waals surface area contributed by atoms with Crippen molar-refractivity contribution in [2.45, 2.75) is 63.0 Å². The molecule has 2 aromatic heterocycles. The fourth-order valence-electron chi connectivity index (χ4n) is 4.36. The van der Waals surface area contributed by atoms with Crippen molar-refractivity contribution >= 4 is 27.2 Å². The Morgan fingerprint density at radius 2 is 1.97 bits per heavy atom. The third-order valence-electron chi connectivity index (χ3n) is 6.10. The molecule has 3 heterocycles. The van der Waals surface area contributed by atoms with Gasteiger partial charge in [-0.05, 0) is 43.0 Å². The van der Waals surface area contributed by atoms with Gasteiger partial charge >= 0.3 is 0 Å². The smallest absolute Gasteiger partial charge is 0.237 e. The molecule has 1 saturated carbocycles. The minimum Gasteiger partial charge on any atom is -0.448 e. The first-order chi connectivity index (χ1) is 14.7. The summed E-state index contributed by atoms with van der Waals surface area (Å²) in [5.74, 6) is 2.27. The number of nitrogens with zero attached hydrogens (tertiary/aromatic N) is 2. The van der Waals surface area contributed by atoms with Crippen LogP contribution in [-0.4, -0.2) is 23.6 Å². The highest BCUT2D eigenvalue weighted by molar-refractivity contribution is 7.92. The van der Waals surface area contributed by atoms with Gasteiger partial charge < -0.3 is 9.73 Å². The topological polar surface area (TPSA) is 113 Å². The SMILES string of the molecule is CC(C)(C)c1coc(C2CCC(c3cc(Nc4ccc5c(c4)CS(=O)(=O)N5)n[nH]3)C2)n1. The number of oxazole rings is 1. The Kier molecular flexibility index (Phi) is 4.62. The summed E-state index contributed by atoms with van der Waals surface area (Å²) in [6.45, 7) is 6.42. The Hall–Kier alpha value is -2.81. The second kappa shape index (κ2) is 7.12. The molecule has 164 valence electrons. The van der Waals surface area contributed by atoms with Crippen LogP contribution in [-0.2, 0) is 21.2 Å². The van der Waals surface area contributed by atoms with E-state index in [0.717, 1.165) is 53.6 Å². The van der Waals surface area contributed by atoms with Gasteiger partial charge in [-0.3, -0.25) is 9.82 Å². The van der Waals surface area contributed by atoms with Crippen LogP contribution in [0, 0.1) is 0 Å². The van der Waals surface area contributed by atoms with Gasteiger partial charge in [-0.25, -0.2) is 13.4 Å². The van der Waals surface area contributed by atoms with Gasteiger partial charge in [0.25, 0.3) is 0 Å². The van der Waals surface area contributed by atoms with E-state index in [0.29, 0.717) is 17.5 Å². The molecular weight excluding hydrogens is 414 g/mol. The summed E-state index contributed by atoms with van der Waals surface area (Å²) in [7, 11) is -3.25. The van der Waals surface area contributed by atoms with Crippen LogP contribution in [0.15, 0.2) is 34.9 Å². The van der Waals surface area contributed by atoms with Crippen LogP contribution >= 0.6 is 0 Å². The van der Waals surface area contributed by atoms with Crippen molar-refractivity contribution in [1.29, 1.82) is 0 Å². The van der Waals surface area contributed by atoms with Crippen molar-refractivity contribution in [2.75, 3.05) is 10.0 Å². The maximum absolute atomic E-state index is 11.7. The summed E-state index contributed by atoms with van der Waals surface area (Å²) in [5, 5.41) is 10.8. The van der Waals surface area contributed by atoms with E-state index in [-0.39, 0.29) is 11.2 Å². The number of aromatic amines is 1. The standard InChI is InChI=1S/C22H27N5O3S/c1-22(2,3)19-11-30-21(24-19)14-5-4-13(8-14)18-10-20(26-25-18)23-16-6-7-17-15(9-16)12-31(28,29)27-17/h6-7,9-11,13-14,27H,4-5,8,12H2,1-3H3,(H2,23,25,26). The van der Waals surface area contributed by atoms with Gasteiger partial charge in [-0.1, -0.05) is 20.8 Å². The first-order valence-electron chi connectivity index (χ1n) is 10.6. The van der Waals surface area contributed by atoms with E-state index in [2.05, 4.69) is 41.0 Å². The van der Waals surface area contributed by atoms with Crippen LogP contribution in [0.5, 0.6) is 0 Å². The minimum atomic E-state index is -3.25. The lowest BCUT2D eigenvalue weighted by Crippen LogP contribution is -2.11. The van der Waals surface area contributed by atoms with E-state index in [1.807, 2.05) is 18.2 Å². The summed E-state index contributed by atoms with van der Waals surface area (Å²) in [4.78, 5) is 4.74. The quantitative estimate of drug-likeness (QED) is 0.539. The third kappa shape index (κ3) is 4.06. The summed E-state index contributed by atoms with van der Waals surface area (Å²) in [6, 6.07) is 7.51. The van der Waals surface area contributed by atoms with Crippen molar-refractivity contribution in [3.05, 3.63) is 53.4 Å². The average Bonchev–Trinajstić information content (AvgIpc) is 3.45. The Labute approximate surface area is 181 Å². The van der Waals surface area contributed by atoms with Gasteiger partial charge in [0.1, 0.15) is 6.26 Å². The molecule has 5 rings (SSSR count). The number of rotatable bonds is 4. The molecule has 1 fully saturated rings. The zero-order chi connectivity index (χ0) is 21.8. The molecule has 3 aromatic rings. The number of hydrogen-bond donors (Lipinski definition) is 3. The molecule has 31 heavy (non-hydrogen) atoms. The number of hydrogen-bond acceptors (Lipinski definition) is 6. The predicted molar refractivity (Wildman–Crippen MR) is 119 cm³/mol. The van der Waals surface area contributed by atoms with Crippen LogP contribution < -0.4 is 10.0 Å². The number of fused-ring (bicyclic) bond motifs is 1. The number of sulfonamides is 1. The van der Waals surface area contributed by atoms with Gasteiger partial charge in [0.05, 0.1) is 17.1 Å². The molecule has 3 N–H and O–H groups in total. The Bertz CT molecular complexity index is 1220. The van der Waals surface area contributed by atoms with Crippen LogP contribution in [0.2, 0.25) is 0 Å². The Balaban J connectivity index is 1.25. The van der Waals surface area contributed by atoms with Crippen LogP contribution in [0.3, 0.4) is 0 Å². The summed E-state index contributed by atoms with van der Waals surface area (Å²) < 4.78 is 31.8. The van der Waals surface area contributed by atoms with Crippen molar-refractivity contribution in [3.63, 3.8) is 0 Å². The number of benzene rings is 1. The Morgan fingerprint density at radius 1 is 1.16 bits per heavy atom. The molecule has 0 spiro atoms. The number of H-pyrrole nitrogens is 1. The van der Waals surface area contributed by atoms with Crippen molar-refractivity contribution in [3.8, 4) is 0 Å². The molecule has 1 aromatic carbocycles. The molecule has 2 unspecified atom stereocenters. The lowest BCUT2D eigenvalue weighted by atomic mass is 9.93. The molecule has 0 radical (unpaired) electrons. The van der Waals surface area contributed by atoms with E-state index in [4.69, 9.17) is 9.40 Å². The molecule has 8 nitrogen and oxygen atoms in total. The van der Waals surface area contributed by atoms with Gasteiger partial charge in [0.15, 0.2) is 11.7 Å². The maximum atomic E-state index is 11.7. The van der Waals surface area contributed by atoms with Gasteiger partial charge in [0, 0.05) is 34.7 Å². The normalized spacial score (nSPS) is 22.3. The largest absolute Gasteiger partial charge is 0.448 e. The molecular formula is C22H27N5O3S. The van der Waals surface area contributed by atoms with Gasteiger partial charge in [0.2, 0.25) is 10.0 Å². The molecule has 0 bridgehead atoms. The maximum Gasteiger partial charge on any atom is 0.237 e. The van der Waals surface area contributed by atoms with E-state index < -0.39 is 10.0 Å². The predicted octanol–water partition coefficient (Wildman–Crippen LogP) is 4.75. The van der Waals surface area contributed by atoms with E-state index in [1.165, 1.54) is 0 Å². The lowest BCUT2D eigenvalue weighted by molar-refractivity contribution is 0.445. The second-order valence-electron chi connectivity index (χ2n) is 9.59. The molecule has 1 aliphatic heterocycles. The molecule has 2 aliphatic rings. The zero-order valence-corrected chi connectivity index (χ0v) is 18.7. The Morgan fingerprint density at radius 3 is 2.74 bits per heavy atom. The molecule has 2 atom stereocenters. The number of anilines is 3. The molecule has 1 aliphatic carbocycles. The summed E-state index contributed by atoms with van der Waals surface area (Å²) >= 11 is 0. The monoisotopic (exact) mass is 441 g/mol. The molecule has 9 heteroatoms. The highest BCUT2D eigenvalue weighted by Gasteiger charge is 2.32.